The van der Waals surface area contributed by atoms with Crippen molar-refractivity contribution in [1.29, 1.82) is 0 Å². The van der Waals surface area contributed by atoms with Crippen molar-refractivity contribution < 1.29 is 68.3 Å². The molecule has 11 atom stereocenters. The lowest BCUT2D eigenvalue weighted by atomic mass is 9.44. The fourth-order valence-electron chi connectivity index (χ4n) is 9.63. The molecule has 2 bridgehead atoms. The van der Waals surface area contributed by atoms with Crippen LogP contribution in [-0.2, 0) is 49.7 Å². The largest absolute Gasteiger partial charge is 0.456 e. The molecule has 2 aromatic rings. The van der Waals surface area contributed by atoms with Crippen molar-refractivity contribution in [3.8, 4) is 0 Å². The third kappa shape index (κ3) is 7.82. The predicted octanol–water partition coefficient (Wildman–Crippen LogP) is 3.86. The Morgan fingerprint density at radius 3 is 2.22 bits per heavy atom. The number of hydrogen-bond acceptors (Lipinski definition) is 14. The minimum absolute atomic E-state index is 0.00237. The number of carbonyl (C=O) groups is 4. The van der Waals surface area contributed by atoms with Crippen molar-refractivity contribution in [1.82, 2.24) is 5.32 Å². The predicted molar refractivity (Wildman–Crippen MR) is 209 cm³/mol. The lowest BCUT2D eigenvalue weighted by Gasteiger charge is -2.67. The molecule has 0 aromatic heterocycles. The molecule has 15 heteroatoms. The van der Waals surface area contributed by atoms with E-state index in [-0.39, 0.29) is 30.8 Å². The van der Waals surface area contributed by atoms with Crippen LogP contribution in [0.4, 0.5) is 4.79 Å². The van der Waals surface area contributed by atoms with Gasteiger partial charge in [-0.05, 0) is 63.8 Å². The van der Waals surface area contributed by atoms with Gasteiger partial charge in [0.2, 0.25) is 0 Å². The van der Waals surface area contributed by atoms with Crippen LogP contribution in [0, 0.1) is 23.7 Å². The summed E-state index contributed by atoms with van der Waals surface area (Å²) in [5.41, 5.74) is -6.06. The first kappa shape index (κ1) is 44.3. The monoisotopic (exact) mass is 823 g/mol. The molecule has 3 aliphatic carbocycles. The van der Waals surface area contributed by atoms with Gasteiger partial charge in [-0.2, -0.15) is 0 Å². The average molecular weight is 824 g/mol. The molecule has 4 aliphatic rings. The van der Waals surface area contributed by atoms with Gasteiger partial charge in [0, 0.05) is 25.2 Å². The summed E-state index contributed by atoms with van der Waals surface area (Å²) in [5.74, 6) is -4.16. The molecule has 1 heterocycles. The van der Waals surface area contributed by atoms with Crippen LogP contribution >= 0.6 is 0 Å². The molecule has 322 valence electrons. The standard InChI is InChI=1S/C44H57NO14/c1-23-15-17-27(18-16-23)32(45-39(52)58-40(4,5)6)34(49)38(51)56-28-20-44(53)37(59-55-21-26-13-11-10-12-14-26)35-42(9,36(50)33(48)31(24(28)2)41(44,7)8)29(47)19-30-43(35,22-54-30)57-25(3)46/h10-18,28-30,32-35,37,47-49,53H,19-22H2,1-9H3,(H,45,52)/t28-,29-,30+,32-,33+,34+,35-,37-,42+,43-,44+/m0/s1. The number of nitrogens with one attached hydrogen (secondary N) is 1. The van der Waals surface area contributed by atoms with Crippen LogP contribution in [0.15, 0.2) is 65.7 Å². The number of aliphatic hydroxyl groups is 4. The highest BCUT2D eigenvalue weighted by Crippen LogP contribution is 2.64. The highest BCUT2D eigenvalue weighted by molar-refractivity contribution is 5.93. The zero-order chi connectivity index (χ0) is 43.5. The Labute approximate surface area is 343 Å². The Hall–Kier alpha value is -4.22. The summed E-state index contributed by atoms with van der Waals surface area (Å²) < 4.78 is 23.3. The van der Waals surface area contributed by atoms with E-state index < -0.39 is 106 Å². The summed E-state index contributed by atoms with van der Waals surface area (Å²) in [6, 6.07) is 14.4. The molecule has 3 fully saturated rings. The fraction of sp³-hybridized carbons (Fsp3) is 0.591. The quantitative estimate of drug-likeness (QED) is 0.0757. The van der Waals surface area contributed by atoms with Crippen molar-refractivity contribution in [2.24, 2.45) is 16.7 Å². The zero-order valence-corrected chi connectivity index (χ0v) is 35.0. The average Bonchev–Trinajstić information content (AvgIpc) is 3.14. The van der Waals surface area contributed by atoms with Crippen LogP contribution in [0.1, 0.15) is 91.0 Å². The number of aryl methyl sites for hydroxylation is 1. The lowest BCUT2D eigenvalue weighted by molar-refractivity contribution is -0.420. The van der Waals surface area contributed by atoms with Crippen LogP contribution in [0.3, 0.4) is 0 Å². The lowest BCUT2D eigenvalue weighted by Crippen LogP contribution is -2.81. The molecule has 1 aliphatic heterocycles. The van der Waals surface area contributed by atoms with Gasteiger partial charge in [0.25, 0.3) is 0 Å². The van der Waals surface area contributed by atoms with Crippen LogP contribution < -0.4 is 5.32 Å². The Kier molecular flexibility index (Phi) is 12.0. The maximum atomic E-state index is 15.0. The highest BCUT2D eigenvalue weighted by atomic mass is 17.2. The number of benzene rings is 2. The second-order valence-corrected chi connectivity index (χ2v) is 18.1. The first-order valence-electron chi connectivity index (χ1n) is 19.9. The van der Waals surface area contributed by atoms with Crippen LogP contribution in [0.2, 0.25) is 0 Å². The van der Waals surface area contributed by atoms with Crippen LogP contribution in [0.5, 0.6) is 0 Å². The second kappa shape index (κ2) is 16.0. The van der Waals surface area contributed by atoms with E-state index in [1.54, 1.807) is 90.1 Å². The van der Waals surface area contributed by atoms with E-state index >= 15 is 0 Å². The van der Waals surface area contributed by atoms with Gasteiger partial charge in [-0.15, -0.1) is 0 Å². The number of alkyl carbamates (subject to hydrolysis) is 1. The maximum Gasteiger partial charge on any atom is 0.408 e. The molecular weight excluding hydrogens is 766 g/mol. The van der Waals surface area contributed by atoms with E-state index in [4.69, 9.17) is 28.7 Å². The first-order chi connectivity index (χ1) is 27.5. The summed E-state index contributed by atoms with van der Waals surface area (Å²) in [7, 11) is 0. The molecule has 0 radical (unpaired) electrons. The molecule has 59 heavy (non-hydrogen) atoms. The van der Waals surface area contributed by atoms with E-state index in [9.17, 15) is 39.6 Å². The summed E-state index contributed by atoms with van der Waals surface area (Å²) in [6.45, 7) is 13.9. The third-order valence-corrected chi connectivity index (χ3v) is 12.8. The molecular formula is C44H57NO14. The molecule has 2 saturated carbocycles. The minimum Gasteiger partial charge on any atom is -0.456 e. The van der Waals surface area contributed by atoms with Gasteiger partial charge in [-0.25, -0.2) is 19.4 Å². The highest BCUT2D eigenvalue weighted by Gasteiger charge is 2.77. The minimum atomic E-state index is -2.22. The summed E-state index contributed by atoms with van der Waals surface area (Å²) >= 11 is 0. The van der Waals surface area contributed by atoms with Crippen molar-refractivity contribution in [3.63, 3.8) is 0 Å². The zero-order valence-electron chi connectivity index (χ0n) is 35.0. The molecule has 1 amide bonds. The van der Waals surface area contributed by atoms with Crippen LogP contribution in [-0.4, -0.2) is 104 Å². The smallest absolute Gasteiger partial charge is 0.408 e. The van der Waals surface area contributed by atoms with Crippen molar-refractivity contribution in [3.05, 3.63) is 82.4 Å². The van der Waals surface area contributed by atoms with Gasteiger partial charge in [0.05, 0.1) is 30.1 Å². The molecule has 0 unspecified atom stereocenters. The fourth-order valence-corrected chi connectivity index (χ4v) is 9.63. The van der Waals surface area contributed by atoms with E-state index in [0.717, 1.165) is 5.56 Å². The van der Waals surface area contributed by atoms with Crippen molar-refractivity contribution in [2.45, 2.75) is 141 Å². The Morgan fingerprint density at radius 2 is 1.64 bits per heavy atom. The number of Topliss-reactive ketones (excluding diaryl/α,β-unsaturated/α-hetero) is 1. The number of rotatable bonds is 10. The number of carbonyl (C=O) groups excluding carboxylic acids is 4. The number of ketones is 1. The number of aliphatic hydroxyl groups excluding tert-OH is 3. The number of fused-ring (bicyclic) bond motifs is 5. The number of esters is 2. The van der Waals surface area contributed by atoms with E-state index in [1.165, 1.54) is 13.8 Å². The number of ether oxygens (including phenoxy) is 4. The number of hydrogen-bond donors (Lipinski definition) is 5. The Bertz CT molecular complexity index is 1960. The van der Waals surface area contributed by atoms with E-state index in [2.05, 4.69) is 5.32 Å². The normalized spacial score (nSPS) is 33.5. The molecule has 6 rings (SSSR count). The molecule has 2 aromatic carbocycles. The van der Waals surface area contributed by atoms with E-state index in [0.29, 0.717) is 11.1 Å². The van der Waals surface area contributed by atoms with Crippen LogP contribution in [0.25, 0.3) is 0 Å². The van der Waals surface area contributed by atoms with Crippen molar-refractivity contribution >= 4 is 23.8 Å². The van der Waals surface area contributed by atoms with Gasteiger partial charge < -0.3 is 44.7 Å². The van der Waals surface area contributed by atoms with Crippen molar-refractivity contribution in [2.75, 3.05) is 6.61 Å². The van der Waals surface area contributed by atoms with Gasteiger partial charge in [0.1, 0.15) is 42.2 Å². The summed E-state index contributed by atoms with van der Waals surface area (Å²) in [5, 5.41) is 51.7. The van der Waals surface area contributed by atoms with Gasteiger partial charge >= 0.3 is 18.0 Å². The SMILES string of the molecule is CC(=O)O[C@@]12CO[C@@H]1C[C@H](O)[C@@]1(C)C(=O)[C@H](O)C3=C(C)[C@@H](OC(=O)[C@H](O)[C@@H](NC(=O)OC(C)(C)C)c4ccc(C)cc4)C[C@@](O)([C@@H](OOCc4ccccc4)[C@H]21)C3(C)C. The summed E-state index contributed by atoms with van der Waals surface area (Å²) in [6.07, 6.45) is -10.8. The van der Waals surface area contributed by atoms with E-state index in [1.807, 2.05) is 13.0 Å². The van der Waals surface area contributed by atoms with Gasteiger partial charge in [-0.3, -0.25) is 9.59 Å². The third-order valence-electron chi connectivity index (χ3n) is 12.8. The molecule has 15 nitrogen and oxygen atoms in total. The Morgan fingerprint density at radius 1 is 1.00 bits per heavy atom. The number of amides is 1. The first-order valence-corrected chi connectivity index (χ1v) is 19.9. The van der Waals surface area contributed by atoms with Gasteiger partial charge in [-0.1, -0.05) is 74.0 Å². The second-order valence-electron chi connectivity index (χ2n) is 18.1. The molecule has 0 spiro atoms. The van der Waals surface area contributed by atoms with Gasteiger partial charge in [0.15, 0.2) is 17.5 Å². The maximum absolute atomic E-state index is 15.0. The molecule has 1 saturated heterocycles. The molecule has 5 N–H and O–H groups in total. The summed E-state index contributed by atoms with van der Waals surface area (Å²) in [4.78, 5) is 67.1. The topological polar surface area (TPSA) is 217 Å². The Balaban J connectivity index is 1.45.